The summed E-state index contributed by atoms with van der Waals surface area (Å²) in [4.78, 5) is 24.2. The third-order valence-corrected chi connectivity index (χ3v) is 2.41. The Hall–Kier alpha value is -1.32. The first-order valence-electron chi connectivity index (χ1n) is 5.24. The molecule has 0 unspecified atom stereocenters. The van der Waals surface area contributed by atoms with Crippen LogP contribution in [0, 0.1) is 5.92 Å². The highest BCUT2D eigenvalue weighted by molar-refractivity contribution is 5.99. The van der Waals surface area contributed by atoms with E-state index in [0.717, 1.165) is 6.42 Å². The third kappa shape index (κ3) is 2.58. The van der Waals surface area contributed by atoms with Crippen LogP contribution in [0.4, 0.5) is 4.79 Å². The van der Waals surface area contributed by atoms with Crippen LogP contribution in [0.3, 0.4) is 0 Å². The van der Waals surface area contributed by atoms with Gasteiger partial charge in [-0.25, -0.2) is 9.69 Å². The number of hydrogen-bond donors (Lipinski definition) is 0. The van der Waals surface area contributed by atoms with E-state index in [9.17, 15) is 9.59 Å². The molecule has 0 aliphatic carbocycles. The van der Waals surface area contributed by atoms with E-state index in [0.29, 0.717) is 6.61 Å². The zero-order chi connectivity index (χ0) is 11.4. The molecule has 4 heteroatoms. The minimum Gasteiger partial charge on any atom is -0.447 e. The molecule has 1 aliphatic heterocycles. The fourth-order valence-corrected chi connectivity index (χ4v) is 1.48. The van der Waals surface area contributed by atoms with Crippen molar-refractivity contribution in [1.82, 2.24) is 4.90 Å². The summed E-state index contributed by atoms with van der Waals surface area (Å²) >= 11 is 0. The van der Waals surface area contributed by atoms with Gasteiger partial charge in [0.2, 0.25) is 0 Å². The Morgan fingerprint density at radius 1 is 1.67 bits per heavy atom. The maximum Gasteiger partial charge on any atom is 0.417 e. The molecule has 2 amide bonds. The van der Waals surface area contributed by atoms with Crippen molar-refractivity contribution in [1.29, 1.82) is 0 Å². The predicted molar refractivity (Wildman–Crippen MR) is 56.3 cm³/mol. The molecule has 0 bridgehead atoms. The van der Waals surface area contributed by atoms with Crippen molar-refractivity contribution in [2.24, 2.45) is 5.92 Å². The maximum absolute atomic E-state index is 11.7. The fourth-order valence-electron chi connectivity index (χ4n) is 1.48. The second kappa shape index (κ2) is 4.96. The van der Waals surface area contributed by atoms with Gasteiger partial charge in [-0.1, -0.05) is 26.8 Å². The number of amides is 2. The second-order valence-electron chi connectivity index (χ2n) is 3.91. The Balaban J connectivity index is 2.76. The second-order valence-corrected chi connectivity index (χ2v) is 3.91. The number of ether oxygens (including phenoxy) is 1. The Morgan fingerprint density at radius 3 is 2.87 bits per heavy atom. The van der Waals surface area contributed by atoms with Crippen molar-refractivity contribution in [3.63, 3.8) is 0 Å². The summed E-state index contributed by atoms with van der Waals surface area (Å²) in [5, 5.41) is 0. The Kier molecular flexibility index (Phi) is 3.88. The predicted octanol–water partition coefficient (Wildman–Crippen LogP) is 1.96. The average molecular weight is 211 g/mol. The van der Waals surface area contributed by atoms with Crippen LogP contribution in [0.1, 0.15) is 27.2 Å². The number of carbonyl (C=O) groups excluding carboxylic acids is 2. The largest absolute Gasteiger partial charge is 0.447 e. The topological polar surface area (TPSA) is 46.6 Å². The molecule has 0 saturated carbocycles. The number of allylic oxidation sites excluding steroid dienone is 1. The molecule has 1 atom stereocenters. The smallest absolute Gasteiger partial charge is 0.417 e. The maximum atomic E-state index is 11.7. The highest BCUT2D eigenvalue weighted by Gasteiger charge is 2.38. The molecule has 1 saturated heterocycles. The van der Waals surface area contributed by atoms with E-state index in [1.807, 2.05) is 20.8 Å². The first-order valence-corrected chi connectivity index (χ1v) is 5.24. The van der Waals surface area contributed by atoms with Crippen LogP contribution in [-0.4, -0.2) is 29.5 Å². The van der Waals surface area contributed by atoms with Crippen LogP contribution in [0.25, 0.3) is 0 Å². The monoisotopic (exact) mass is 211 g/mol. The van der Waals surface area contributed by atoms with E-state index in [2.05, 4.69) is 0 Å². The van der Waals surface area contributed by atoms with Crippen molar-refractivity contribution < 1.29 is 14.3 Å². The van der Waals surface area contributed by atoms with Gasteiger partial charge < -0.3 is 4.74 Å². The van der Waals surface area contributed by atoms with Crippen molar-refractivity contribution >= 4 is 12.0 Å². The highest BCUT2D eigenvalue weighted by atomic mass is 16.6. The van der Waals surface area contributed by atoms with E-state index in [4.69, 9.17) is 4.74 Å². The molecule has 1 rings (SSSR count). The van der Waals surface area contributed by atoms with E-state index in [1.165, 1.54) is 11.0 Å². The molecule has 1 aliphatic rings. The number of rotatable bonds is 3. The van der Waals surface area contributed by atoms with Crippen molar-refractivity contribution in [3.05, 3.63) is 12.2 Å². The highest BCUT2D eigenvalue weighted by Crippen LogP contribution is 2.19. The molecule has 0 spiro atoms. The lowest BCUT2D eigenvalue weighted by Crippen LogP contribution is -2.40. The van der Waals surface area contributed by atoms with Crippen LogP contribution in [0.2, 0.25) is 0 Å². The molecule has 0 aromatic rings. The van der Waals surface area contributed by atoms with Crippen LogP contribution in [-0.2, 0) is 9.53 Å². The van der Waals surface area contributed by atoms with E-state index in [1.54, 1.807) is 6.08 Å². The summed E-state index contributed by atoms with van der Waals surface area (Å²) in [6.45, 7) is 6.18. The van der Waals surface area contributed by atoms with Gasteiger partial charge in [-0.15, -0.1) is 0 Å². The van der Waals surface area contributed by atoms with Crippen LogP contribution in [0.5, 0.6) is 0 Å². The molecule has 15 heavy (non-hydrogen) atoms. The summed E-state index contributed by atoms with van der Waals surface area (Å²) in [6.07, 6.45) is 3.42. The van der Waals surface area contributed by atoms with Gasteiger partial charge in [-0.3, -0.25) is 4.79 Å². The first kappa shape index (κ1) is 11.8. The number of nitrogens with zero attached hydrogens (tertiary/aromatic N) is 1. The van der Waals surface area contributed by atoms with Gasteiger partial charge in [0.1, 0.15) is 6.61 Å². The van der Waals surface area contributed by atoms with Gasteiger partial charge in [0.15, 0.2) is 0 Å². The molecule has 0 N–H and O–H groups in total. The zero-order valence-electron chi connectivity index (χ0n) is 9.40. The lowest BCUT2D eigenvalue weighted by Gasteiger charge is -2.20. The SMILES string of the molecule is CCC=CC(=O)N1C(=O)OC[C@@H]1C(C)C. The zero-order valence-corrected chi connectivity index (χ0v) is 9.40. The summed E-state index contributed by atoms with van der Waals surface area (Å²) in [5.41, 5.74) is 0. The van der Waals surface area contributed by atoms with Gasteiger partial charge in [-0.05, 0) is 18.4 Å². The molecule has 0 radical (unpaired) electrons. The number of hydrogen-bond acceptors (Lipinski definition) is 3. The van der Waals surface area contributed by atoms with Gasteiger partial charge in [0.05, 0.1) is 6.04 Å². The van der Waals surface area contributed by atoms with Crippen molar-refractivity contribution in [2.45, 2.75) is 33.2 Å². The Labute approximate surface area is 89.9 Å². The standard InChI is InChI=1S/C11H17NO3/c1-4-5-6-10(13)12-9(8(2)3)7-15-11(12)14/h5-6,8-9H,4,7H2,1-3H3/t9-/m1/s1. The molecule has 1 heterocycles. The average Bonchev–Trinajstić information content (AvgIpc) is 2.56. The Bertz CT molecular complexity index is 284. The molecule has 1 fully saturated rings. The van der Waals surface area contributed by atoms with Crippen molar-refractivity contribution in [2.75, 3.05) is 6.61 Å². The number of carbonyl (C=O) groups is 2. The first-order chi connectivity index (χ1) is 7.07. The molecule has 0 aromatic heterocycles. The van der Waals surface area contributed by atoms with Gasteiger partial charge >= 0.3 is 6.09 Å². The fraction of sp³-hybridized carbons (Fsp3) is 0.636. The minimum absolute atomic E-state index is 0.133. The molecular formula is C11H17NO3. The summed E-state index contributed by atoms with van der Waals surface area (Å²) in [5.74, 6) is -0.0616. The summed E-state index contributed by atoms with van der Waals surface area (Å²) in [7, 11) is 0. The van der Waals surface area contributed by atoms with Crippen LogP contribution >= 0.6 is 0 Å². The van der Waals surface area contributed by atoms with Gasteiger partial charge in [-0.2, -0.15) is 0 Å². The molecule has 84 valence electrons. The van der Waals surface area contributed by atoms with Gasteiger partial charge in [0, 0.05) is 0 Å². The Morgan fingerprint density at radius 2 is 2.33 bits per heavy atom. The van der Waals surface area contributed by atoms with E-state index < -0.39 is 6.09 Å². The quantitative estimate of drug-likeness (QED) is 0.670. The minimum atomic E-state index is -0.528. The number of imide groups is 1. The van der Waals surface area contributed by atoms with Gasteiger partial charge in [0.25, 0.3) is 5.91 Å². The van der Waals surface area contributed by atoms with E-state index >= 15 is 0 Å². The molecule has 4 nitrogen and oxygen atoms in total. The summed E-state index contributed by atoms with van der Waals surface area (Å²) in [6, 6.07) is -0.133. The van der Waals surface area contributed by atoms with Crippen LogP contribution in [0.15, 0.2) is 12.2 Å². The van der Waals surface area contributed by atoms with E-state index in [-0.39, 0.29) is 17.9 Å². The van der Waals surface area contributed by atoms with Crippen LogP contribution < -0.4 is 0 Å². The summed E-state index contributed by atoms with van der Waals surface area (Å²) < 4.78 is 4.87. The third-order valence-electron chi connectivity index (χ3n) is 2.41. The molecule has 0 aromatic carbocycles. The molecular weight excluding hydrogens is 194 g/mol. The lowest BCUT2D eigenvalue weighted by atomic mass is 10.0. The normalized spacial score (nSPS) is 21.5. The van der Waals surface area contributed by atoms with Crippen molar-refractivity contribution in [3.8, 4) is 0 Å². The lowest BCUT2D eigenvalue weighted by molar-refractivity contribution is -0.124. The number of cyclic esters (lactones) is 1.